The van der Waals surface area contributed by atoms with Crippen molar-refractivity contribution in [2.45, 2.75) is 24.8 Å². The molecule has 1 heterocycles. The molecule has 1 aliphatic carbocycles. The van der Waals surface area contributed by atoms with E-state index in [1.165, 1.54) is 0 Å². The van der Waals surface area contributed by atoms with Gasteiger partial charge in [0.15, 0.2) is 0 Å². The number of ether oxygens (including phenoxy) is 2. The molecule has 176 valence electrons. The zero-order valence-corrected chi connectivity index (χ0v) is 19.6. The van der Waals surface area contributed by atoms with Gasteiger partial charge in [0, 0.05) is 38.1 Å². The van der Waals surface area contributed by atoms with Gasteiger partial charge < -0.3 is 24.6 Å². The van der Waals surface area contributed by atoms with E-state index in [1.807, 2.05) is 41.3 Å². The molecule has 1 aliphatic heterocycles. The fourth-order valence-corrected chi connectivity index (χ4v) is 5.00. The summed E-state index contributed by atoms with van der Waals surface area (Å²) >= 11 is 0. The Hall–Kier alpha value is -3.06. The van der Waals surface area contributed by atoms with E-state index in [2.05, 4.69) is 17.3 Å². The third-order valence-electron chi connectivity index (χ3n) is 6.93. The molecule has 1 N–H and O–H groups in total. The van der Waals surface area contributed by atoms with Gasteiger partial charge in [-0.2, -0.15) is 0 Å². The van der Waals surface area contributed by atoms with Crippen molar-refractivity contribution < 1.29 is 19.1 Å². The molecule has 0 radical (unpaired) electrons. The van der Waals surface area contributed by atoms with E-state index in [0.29, 0.717) is 17.7 Å². The molecule has 0 aromatic heterocycles. The predicted molar refractivity (Wildman–Crippen MR) is 127 cm³/mol. The number of methoxy groups -OCH3 is 2. The third-order valence-corrected chi connectivity index (χ3v) is 6.93. The standard InChI is InChI=1S/C26H33N3O4/c1-28-12-14-29(15-13-28)26(31)23-17-19(16-22(23)18-8-10-20(32-2)11-9-18)27-25(30)21-6-4-5-7-24(21)33-3/h4-11,19,22-23H,12-17H2,1-3H3,(H,27,30)/t19-,22+,23-/m0/s1. The minimum Gasteiger partial charge on any atom is -0.497 e. The summed E-state index contributed by atoms with van der Waals surface area (Å²) in [4.78, 5) is 30.8. The lowest BCUT2D eigenvalue weighted by atomic mass is 9.87. The highest BCUT2D eigenvalue weighted by Gasteiger charge is 2.42. The predicted octanol–water partition coefficient (Wildman–Crippen LogP) is 2.77. The summed E-state index contributed by atoms with van der Waals surface area (Å²) in [5.74, 6) is 1.25. The van der Waals surface area contributed by atoms with Crippen molar-refractivity contribution in [3.8, 4) is 11.5 Å². The fraction of sp³-hybridized carbons (Fsp3) is 0.462. The van der Waals surface area contributed by atoms with Crippen LogP contribution in [0.1, 0.15) is 34.7 Å². The molecule has 7 nitrogen and oxygen atoms in total. The number of carbonyl (C=O) groups excluding carboxylic acids is 2. The SMILES string of the molecule is COc1ccc([C@H]2C[C@H](NC(=O)c3ccccc3OC)C[C@@H]2C(=O)N2CCN(C)CC2)cc1. The van der Waals surface area contributed by atoms with Gasteiger partial charge in [-0.25, -0.2) is 0 Å². The van der Waals surface area contributed by atoms with Crippen LogP contribution in [-0.4, -0.2) is 75.1 Å². The van der Waals surface area contributed by atoms with Crippen LogP contribution < -0.4 is 14.8 Å². The summed E-state index contributed by atoms with van der Waals surface area (Å²) in [7, 11) is 5.29. The van der Waals surface area contributed by atoms with E-state index in [-0.39, 0.29) is 29.7 Å². The third kappa shape index (κ3) is 5.14. The van der Waals surface area contributed by atoms with E-state index >= 15 is 0 Å². The van der Waals surface area contributed by atoms with Crippen LogP contribution in [0, 0.1) is 5.92 Å². The molecular formula is C26H33N3O4. The number of hydrogen-bond acceptors (Lipinski definition) is 5. The van der Waals surface area contributed by atoms with E-state index in [4.69, 9.17) is 9.47 Å². The van der Waals surface area contributed by atoms with E-state index in [9.17, 15) is 9.59 Å². The summed E-state index contributed by atoms with van der Waals surface area (Å²) < 4.78 is 10.7. The highest BCUT2D eigenvalue weighted by atomic mass is 16.5. The van der Waals surface area contributed by atoms with Crippen molar-refractivity contribution in [2.75, 3.05) is 47.4 Å². The molecule has 2 fully saturated rings. The summed E-state index contributed by atoms with van der Waals surface area (Å²) in [5, 5.41) is 3.16. The van der Waals surface area contributed by atoms with Gasteiger partial charge in [-0.1, -0.05) is 24.3 Å². The van der Waals surface area contributed by atoms with Crippen LogP contribution in [0.3, 0.4) is 0 Å². The first-order valence-corrected chi connectivity index (χ1v) is 11.5. The average Bonchev–Trinajstić information content (AvgIpc) is 3.27. The molecule has 2 amide bonds. The number of amides is 2. The number of rotatable bonds is 6. The molecule has 2 aromatic carbocycles. The number of piperazine rings is 1. The molecule has 0 unspecified atom stereocenters. The second-order valence-electron chi connectivity index (χ2n) is 8.96. The van der Waals surface area contributed by atoms with Crippen LogP contribution in [-0.2, 0) is 4.79 Å². The lowest BCUT2D eigenvalue weighted by Gasteiger charge is -2.35. The second kappa shape index (κ2) is 10.3. The van der Waals surface area contributed by atoms with Gasteiger partial charge in [0.05, 0.1) is 19.8 Å². The molecular weight excluding hydrogens is 418 g/mol. The molecule has 2 aromatic rings. The zero-order chi connectivity index (χ0) is 23.4. The quantitative estimate of drug-likeness (QED) is 0.731. The number of para-hydroxylation sites is 1. The maximum Gasteiger partial charge on any atom is 0.255 e. The van der Waals surface area contributed by atoms with Crippen LogP contribution in [0.25, 0.3) is 0 Å². The monoisotopic (exact) mass is 451 g/mol. The van der Waals surface area contributed by atoms with Gasteiger partial charge in [-0.15, -0.1) is 0 Å². The van der Waals surface area contributed by atoms with Gasteiger partial charge in [0.25, 0.3) is 5.91 Å². The molecule has 1 saturated heterocycles. The number of nitrogens with one attached hydrogen (secondary N) is 1. The minimum atomic E-state index is -0.168. The Labute approximate surface area is 195 Å². The van der Waals surface area contributed by atoms with E-state index in [1.54, 1.807) is 26.4 Å². The average molecular weight is 452 g/mol. The van der Waals surface area contributed by atoms with Gasteiger partial charge in [-0.3, -0.25) is 9.59 Å². The van der Waals surface area contributed by atoms with Gasteiger partial charge >= 0.3 is 0 Å². The highest BCUT2D eigenvalue weighted by molar-refractivity contribution is 5.97. The largest absolute Gasteiger partial charge is 0.497 e. The normalized spacial score (nSPS) is 23.2. The second-order valence-corrected chi connectivity index (χ2v) is 8.96. The Morgan fingerprint density at radius 3 is 2.27 bits per heavy atom. The number of hydrogen-bond donors (Lipinski definition) is 1. The molecule has 7 heteroatoms. The molecule has 2 aliphatic rings. The Balaban J connectivity index is 1.53. The molecule has 1 saturated carbocycles. The van der Waals surface area contributed by atoms with Crippen molar-refractivity contribution in [2.24, 2.45) is 5.92 Å². The minimum absolute atomic E-state index is 0.0473. The zero-order valence-electron chi connectivity index (χ0n) is 19.6. The summed E-state index contributed by atoms with van der Waals surface area (Å²) in [6, 6.07) is 15.1. The molecule has 3 atom stereocenters. The molecule has 0 spiro atoms. The van der Waals surface area contributed by atoms with Crippen molar-refractivity contribution >= 4 is 11.8 Å². The first kappa shape index (κ1) is 23.1. The van der Waals surface area contributed by atoms with E-state index in [0.717, 1.165) is 43.9 Å². The Bertz CT molecular complexity index is 970. The van der Waals surface area contributed by atoms with Crippen LogP contribution in [0.15, 0.2) is 48.5 Å². The number of carbonyl (C=O) groups is 2. The maximum absolute atomic E-state index is 13.6. The fourth-order valence-electron chi connectivity index (χ4n) is 5.00. The van der Waals surface area contributed by atoms with Crippen molar-refractivity contribution in [3.63, 3.8) is 0 Å². The summed E-state index contributed by atoms with van der Waals surface area (Å²) in [6.45, 7) is 3.28. The lowest BCUT2D eigenvalue weighted by Crippen LogP contribution is -2.49. The highest BCUT2D eigenvalue weighted by Crippen LogP contribution is 2.41. The van der Waals surface area contributed by atoms with Crippen LogP contribution in [0.5, 0.6) is 11.5 Å². The number of benzene rings is 2. The van der Waals surface area contributed by atoms with Crippen LogP contribution in [0.4, 0.5) is 0 Å². The molecule has 0 bridgehead atoms. The Kier molecular flexibility index (Phi) is 7.18. The summed E-state index contributed by atoms with van der Waals surface area (Å²) in [5.41, 5.74) is 1.62. The molecule has 33 heavy (non-hydrogen) atoms. The van der Waals surface area contributed by atoms with Crippen molar-refractivity contribution in [3.05, 3.63) is 59.7 Å². The number of likely N-dealkylation sites (N-methyl/N-ethyl adjacent to an activating group) is 1. The van der Waals surface area contributed by atoms with Crippen LogP contribution in [0.2, 0.25) is 0 Å². The first-order chi connectivity index (χ1) is 16.0. The van der Waals surface area contributed by atoms with Crippen LogP contribution >= 0.6 is 0 Å². The topological polar surface area (TPSA) is 71.1 Å². The lowest BCUT2D eigenvalue weighted by molar-refractivity contribution is -0.137. The van der Waals surface area contributed by atoms with Gasteiger partial charge in [0.2, 0.25) is 5.91 Å². The van der Waals surface area contributed by atoms with Crippen molar-refractivity contribution in [1.82, 2.24) is 15.1 Å². The Morgan fingerprint density at radius 1 is 0.909 bits per heavy atom. The number of nitrogens with zero attached hydrogens (tertiary/aromatic N) is 2. The maximum atomic E-state index is 13.6. The van der Waals surface area contributed by atoms with Crippen molar-refractivity contribution in [1.29, 1.82) is 0 Å². The summed E-state index contributed by atoms with van der Waals surface area (Å²) in [6.07, 6.45) is 1.35. The molecule has 4 rings (SSSR count). The van der Waals surface area contributed by atoms with Gasteiger partial charge in [-0.05, 0) is 55.6 Å². The van der Waals surface area contributed by atoms with E-state index < -0.39 is 0 Å². The smallest absolute Gasteiger partial charge is 0.255 e. The van der Waals surface area contributed by atoms with Gasteiger partial charge in [0.1, 0.15) is 11.5 Å². The Morgan fingerprint density at radius 2 is 1.61 bits per heavy atom. The first-order valence-electron chi connectivity index (χ1n) is 11.5.